The van der Waals surface area contributed by atoms with Crippen LogP contribution in [0.15, 0.2) is 48.8 Å². The number of pyridine rings is 1. The van der Waals surface area contributed by atoms with Gasteiger partial charge >= 0.3 is 0 Å². The summed E-state index contributed by atoms with van der Waals surface area (Å²) in [6.07, 6.45) is 3.37. The molecule has 1 N–H and O–H groups in total. The highest BCUT2D eigenvalue weighted by atomic mass is 16.5. The maximum absolute atomic E-state index is 12.7. The molecule has 0 spiro atoms. The molecule has 1 amide bonds. The number of piperazine rings is 1. The van der Waals surface area contributed by atoms with E-state index in [2.05, 4.69) is 54.9 Å². The first-order valence-corrected chi connectivity index (χ1v) is 9.61. The Kier molecular flexibility index (Phi) is 5.68. The monoisotopic (exact) mass is 368 g/mol. The zero-order chi connectivity index (χ0) is 19.4. The van der Waals surface area contributed by atoms with Crippen LogP contribution >= 0.6 is 0 Å². The minimum Gasteiger partial charge on any atom is -0.481 e. The minimum atomic E-state index is -0.483. The molecule has 3 rings (SSSR count). The molecule has 0 saturated carbocycles. The number of aromatic nitrogens is 1. The normalized spacial score (nSPS) is 16.1. The summed E-state index contributed by atoms with van der Waals surface area (Å²) in [6.45, 7) is 11.5. The van der Waals surface area contributed by atoms with Crippen molar-refractivity contribution in [2.45, 2.75) is 39.2 Å². The summed E-state index contributed by atoms with van der Waals surface area (Å²) in [5, 5.41) is 0. The number of nitrogens with zero attached hydrogens (tertiary/aromatic N) is 2. The van der Waals surface area contributed by atoms with Crippen LogP contribution in [0.4, 0.5) is 5.69 Å². The molecular weight excluding hydrogens is 338 g/mol. The van der Waals surface area contributed by atoms with Gasteiger partial charge in [-0.3, -0.25) is 4.79 Å². The van der Waals surface area contributed by atoms with E-state index in [1.165, 1.54) is 11.3 Å². The van der Waals surface area contributed by atoms with Gasteiger partial charge in [-0.05, 0) is 30.0 Å². The second kappa shape index (κ2) is 7.99. The topological polar surface area (TPSA) is 46.9 Å². The number of rotatable bonds is 4. The van der Waals surface area contributed by atoms with E-state index in [9.17, 15) is 4.79 Å². The lowest BCUT2D eigenvalue weighted by Gasteiger charge is -2.36. The molecule has 1 fully saturated rings. The maximum atomic E-state index is 12.7. The van der Waals surface area contributed by atoms with Crippen LogP contribution < -0.4 is 14.6 Å². The van der Waals surface area contributed by atoms with E-state index in [1.54, 1.807) is 0 Å². The molecule has 1 aliphatic rings. The summed E-state index contributed by atoms with van der Waals surface area (Å²) >= 11 is 0. The number of hydrogen-bond donors (Lipinski definition) is 0. The summed E-state index contributed by atoms with van der Waals surface area (Å²) in [7, 11) is 0. The van der Waals surface area contributed by atoms with Crippen LogP contribution in [0.5, 0.6) is 5.75 Å². The van der Waals surface area contributed by atoms with Crippen LogP contribution in [0.2, 0.25) is 0 Å². The average Bonchev–Trinajstić information content (AvgIpc) is 2.68. The molecule has 2 heterocycles. The van der Waals surface area contributed by atoms with E-state index in [0.29, 0.717) is 13.1 Å². The molecule has 1 aromatic heterocycles. The Morgan fingerprint density at radius 3 is 2.15 bits per heavy atom. The Balaban J connectivity index is 1.54. The molecule has 27 heavy (non-hydrogen) atoms. The van der Waals surface area contributed by atoms with Crippen molar-refractivity contribution in [2.24, 2.45) is 0 Å². The van der Waals surface area contributed by atoms with E-state index in [1.807, 2.05) is 36.4 Å². The summed E-state index contributed by atoms with van der Waals surface area (Å²) in [5.74, 6) is 0.791. The SMILES string of the molecule is C[C@@H](Oc1ccc(C(C)(C)C)cc1)C(=O)N1CCN(c2cc[nH+]cc2)CC1. The fourth-order valence-electron chi connectivity index (χ4n) is 3.32. The predicted molar refractivity (Wildman–Crippen MR) is 107 cm³/mol. The summed E-state index contributed by atoms with van der Waals surface area (Å²) < 4.78 is 5.90. The molecule has 1 saturated heterocycles. The molecule has 0 unspecified atom stereocenters. The molecule has 5 heteroatoms. The van der Waals surface area contributed by atoms with Gasteiger partial charge in [0.25, 0.3) is 5.91 Å². The van der Waals surface area contributed by atoms with Crippen LogP contribution in [0.25, 0.3) is 0 Å². The highest BCUT2D eigenvalue weighted by molar-refractivity contribution is 5.81. The van der Waals surface area contributed by atoms with Crippen LogP contribution in [-0.4, -0.2) is 43.1 Å². The second-order valence-electron chi connectivity index (χ2n) is 8.10. The van der Waals surface area contributed by atoms with Gasteiger partial charge in [0, 0.05) is 44.0 Å². The van der Waals surface area contributed by atoms with Gasteiger partial charge in [0.2, 0.25) is 0 Å². The molecule has 5 nitrogen and oxygen atoms in total. The Morgan fingerprint density at radius 1 is 1.00 bits per heavy atom. The Labute approximate surface area is 162 Å². The zero-order valence-electron chi connectivity index (χ0n) is 16.7. The fourth-order valence-corrected chi connectivity index (χ4v) is 3.32. The van der Waals surface area contributed by atoms with Gasteiger partial charge in [-0.2, -0.15) is 0 Å². The van der Waals surface area contributed by atoms with E-state index >= 15 is 0 Å². The van der Waals surface area contributed by atoms with Crippen LogP contribution in [0.1, 0.15) is 33.3 Å². The van der Waals surface area contributed by atoms with Crippen LogP contribution in [-0.2, 0) is 10.2 Å². The number of carbonyl (C=O) groups is 1. The van der Waals surface area contributed by atoms with Gasteiger partial charge in [0.15, 0.2) is 18.5 Å². The Morgan fingerprint density at radius 2 is 1.59 bits per heavy atom. The summed E-state index contributed by atoms with van der Waals surface area (Å²) in [5.41, 5.74) is 2.55. The largest absolute Gasteiger partial charge is 0.481 e. The average molecular weight is 369 g/mol. The molecule has 144 valence electrons. The van der Waals surface area contributed by atoms with Gasteiger partial charge in [-0.25, -0.2) is 4.98 Å². The Hall–Kier alpha value is -2.56. The molecular formula is C22H30N3O2+. The third-order valence-corrected chi connectivity index (χ3v) is 5.04. The fraction of sp³-hybridized carbons (Fsp3) is 0.455. The maximum Gasteiger partial charge on any atom is 0.263 e. The molecule has 0 radical (unpaired) electrons. The van der Waals surface area contributed by atoms with Crippen LogP contribution in [0, 0.1) is 0 Å². The quantitative estimate of drug-likeness (QED) is 0.834. The van der Waals surface area contributed by atoms with Crippen molar-refractivity contribution in [1.82, 2.24) is 4.90 Å². The van der Waals surface area contributed by atoms with Crippen molar-refractivity contribution in [3.8, 4) is 5.75 Å². The van der Waals surface area contributed by atoms with Crippen molar-refractivity contribution in [2.75, 3.05) is 31.1 Å². The third kappa shape index (κ3) is 4.79. The lowest BCUT2D eigenvalue weighted by atomic mass is 9.87. The highest BCUT2D eigenvalue weighted by Crippen LogP contribution is 2.25. The molecule has 0 bridgehead atoms. The second-order valence-corrected chi connectivity index (χ2v) is 8.10. The number of carbonyl (C=O) groups excluding carboxylic acids is 1. The van der Waals surface area contributed by atoms with Crippen molar-refractivity contribution < 1.29 is 14.5 Å². The molecule has 2 aromatic rings. The first kappa shape index (κ1) is 19.2. The van der Waals surface area contributed by atoms with E-state index in [-0.39, 0.29) is 11.3 Å². The number of nitrogens with one attached hydrogen (secondary N) is 1. The van der Waals surface area contributed by atoms with Gasteiger partial charge in [-0.1, -0.05) is 32.9 Å². The number of hydrogen-bond acceptors (Lipinski definition) is 3. The number of ether oxygens (including phenoxy) is 1. The standard InChI is InChI=1S/C22H29N3O2/c1-17(27-20-7-5-18(6-8-20)22(2,3)4)21(26)25-15-13-24(14-16-25)19-9-11-23-12-10-19/h5-12,17H,13-16H2,1-4H3/p+1/t17-/m1/s1. The number of amides is 1. The number of anilines is 1. The van der Waals surface area contributed by atoms with E-state index in [0.717, 1.165) is 18.8 Å². The number of benzene rings is 1. The number of aromatic amines is 1. The first-order valence-electron chi connectivity index (χ1n) is 9.61. The Bertz CT molecular complexity index is 745. The highest BCUT2D eigenvalue weighted by Gasteiger charge is 2.26. The van der Waals surface area contributed by atoms with Crippen molar-refractivity contribution in [3.63, 3.8) is 0 Å². The van der Waals surface area contributed by atoms with Gasteiger partial charge in [0.1, 0.15) is 5.75 Å². The van der Waals surface area contributed by atoms with E-state index < -0.39 is 6.10 Å². The number of H-pyrrole nitrogens is 1. The lowest BCUT2D eigenvalue weighted by molar-refractivity contribution is -0.377. The first-order chi connectivity index (χ1) is 12.8. The molecule has 1 aliphatic heterocycles. The molecule has 1 aromatic carbocycles. The van der Waals surface area contributed by atoms with Crippen molar-refractivity contribution in [1.29, 1.82) is 0 Å². The smallest absolute Gasteiger partial charge is 0.263 e. The van der Waals surface area contributed by atoms with Crippen molar-refractivity contribution in [3.05, 3.63) is 54.4 Å². The van der Waals surface area contributed by atoms with E-state index in [4.69, 9.17) is 4.74 Å². The van der Waals surface area contributed by atoms with Gasteiger partial charge < -0.3 is 14.5 Å². The van der Waals surface area contributed by atoms with Gasteiger partial charge in [-0.15, -0.1) is 0 Å². The van der Waals surface area contributed by atoms with Crippen molar-refractivity contribution >= 4 is 11.6 Å². The zero-order valence-corrected chi connectivity index (χ0v) is 16.7. The van der Waals surface area contributed by atoms with Gasteiger partial charge in [0.05, 0.1) is 0 Å². The summed E-state index contributed by atoms with van der Waals surface area (Å²) in [6, 6.07) is 12.2. The van der Waals surface area contributed by atoms with Crippen LogP contribution in [0.3, 0.4) is 0 Å². The lowest BCUT2D eigenvalue weighted by Crippen LogP contribution is -2.52. The molecule has 1 atom stereocenters. The predicted octanol–water partition coefficient (Wildman–Crippen LogP) is 2.91. The minimum absolute atomic E-state index is 0.0518. The molecule has 0 aliphatic carbocycles. The third-order valence-electron chi connectivity index (χ3n) is 5.04. The summed E-state index contributed by atoms with van der Waals surface area (Å²) in [4.78, 5) is 20.0.